The molecule has 0 bridgehead atoms. The maximum Gasteiger partial charge on any atom is 0.175 e. The van der Waals surface area contributed by atoms with Gasteiger partial charge in [0.2, 0.25) is 0 Å². The Bertz CT molecular complexity index is 406. The topological polar surface area (TPSA) is 43.6 Å². The molecule has 0 aliphatic heterocycles. The molecule has 4 heteroatoms. The van der Waals surface area contributed by atoms with Crippen molar-refractivity contribution in [3.05, 3.63) is 36.0 Å². The minimum absolute atomic E-state index is 0.796. The van der Waals surface area contributed by atoms with E-state index in [9.17, 15) is 0 Å². The molecule has 0 radical (unpaired) electrons. The van der Waals surface area contributed by atoms with Crippen LogP contribution in [-0.2, 0) is 0 Å². The fraction of sp³-hybridized carbons (Fsp3) is 0.222. The largest absolute Gasteiger partial charge is 0.256 e. The van der Waals surface area contributed by atoms with Crippen LogP contribution in [0.15, 0.2) is 24.7 Å². The van der Waals surface area contributed by atoms with Crippen molar-refractivity contribution in [3.63, 3.8) is 0 Å². The normalized spacial score (nSPS) is 10.3. The van der Waals surface area contributed by atoms with Gasteiger partial charge in [0.25, 0.3) is 0 Å². The summed E-state index contributed by atoms with van der Waals surface area (Å²) in [5.74, 6) is 0.796. The predicted molar refractivity (Wildman–Crippen MR) is 48.6 cm³/mol. The van der Waals surface area contributed by atoms with Crippen molar-refractivity contribution in [3.8, 4) is 5.82 Å². The van der Waals surface area contributed by atoms with Gasteiger partial charge in [-0.05, 0) is 19.9 Å². The first-order valence-electron chi connectivity index (χ1n) is 4.07. The third-order valence-electron chi connectivity index (χ3n) is 1.77. The SMILES string of the molecule is Cc1cnc(C)c(-n2cccn2)n1. The highest BCUT2D eigenvalue weighted by molar-refractivity contribution is 5.26. The summed E-state index contributed by atoms with van der Waals surface area (Å²) in [4.78, 5) is 8.56. The molecular weight excluding hydrogens is 164 g/mol. The van der Waals surface area contributed by atoms with Gasteiger partial charge in [-0.15, -0.1) is 0 Å². The van der Waals surface area contributed by atoms with Crippen LogP contribution in [0.25, 0.3) is 5.82 Å². The Kier molecular flexibility index (Phi) is 1.81. The molecule has 2 heterocycles. The van der Waals surface area contributed by atoms with Gasteiger partial charge < -0.3 is 0 Å². The van der Waals surface area contributed by atoms with E-state index in [1.54, 1.807) is 17.1 Å². The summed E-state index contributed by atoms with van der Waals surface area (Å²) in [5.41, 5.74) is 1.78. The second kappa shape index (κ2) is 2.97. The van der Waals surface area contributed by atoms with Crippen LogP contribution in [0, 0.1) is 13.8 Å². The first-order valence-corrected chi connectivity index (χ1v) is 4.07. The van der Waals surface area contributed by atoms with Gasteiger partial charge in [0.15, 0.2) is 5.82 Å². The molecule has 0 spiro atoms. The Morgan fingerprint density at radius 1 is 1.31 bits per heavy atom. The fourth-order valence-corrected chi connectivity index (χ4v) is 1.14. The van der Waals surface area contributed by atoms with Gasteiger partial charge in [-0.3, -0.25) is 4.98 Å². The molecule has 0 saturated carbocycles. The number of aromatic nitrogens is 4. The highest BCUT2D eigenvalue weighted by atomic mass is 15.3. The van der Waals surface area contributed by atoms with Crippen molar-refractivity contribution in [1.29, 1.82) is 0 Å². The van der Waals surface area contributed by atoms with E-state index in [0.717, 1.165) is 17.2 Å². The van der Waals surface area contributed by atoms with E-state index in [1.807, 2.05) is 26.1 Å². The summed E-state index contributed by atoms with van der Waals surface area (Å²) in [6, 6.07) is 1.86. The number of hydrogen-bond acceptors (Lipinski definition) is 3. The standard InChI is InChI=1S/C9H10N4/c1-7-6-10-8(2)9(12-7)13-5-3-4-11-13/h3-6H,1-2H3. The summed E-state index contributed by atoms with van der Waals surface area (Å²) in [6.07, 6.45) is 5.34. The zero-order chi connectivity index (χ0) is 9.26. The van der Waals surface area contributed by atoms with Crippen molar-refractivity contribution in [1.82, 2.24) is 19.7 Å². The van der Waals surface area contributed by atoms with Crippen LogP contribution in [0.1, 0.15) is 11.4 Å². The zero-order valence-corrected chi connectivity index (χ0v) is 7.60. The first kappa shape index (κ1) is 7.91. The lowest BCUT2D eigenvalue weighted by Crippen LogP contribution is -2.03. The van der Waals surface area contributed by atoms with Crippen molar-refractivity contribution in [2.45, 2.75) is 13.8 Å². The van der Waals surface area contributed by atoms with Crippen molar-refractivity contribution >= 4 is 0 Å². The Labute approximate surface area is 76.3 Å². The second-order valence-corrected chi connectivity index (χ2v) is 2.87. The highest BCUT2D eigenvalue weighted by Gasteiger charge is 2.03. The molecular formula is C9H10N4. The molecule has 0 saturated heterocycles. The minimum Gasteiger partial charge on any atom is -0.256 e. The average molecular weight is 174 g/mol. The summed E-state index contributed by atoms with van der Waals surface area (Å²) in [5, 5.41) is 4.10. The highest BCUT2D eigenvalue weighted by Crippen LogP contribution is 2.06. The molecule has 4 nitrogen and oxygen atoms in total. The molecule has 0 fully saturated rings. The lowest BCUT2D eigenvalue weighted by molar-refractivity contribution is 0.816. The molecule has 13 heavy (non-hydrogen) atoms. The van der Waals surface area contributed by atoms with Gasteiger partial charge in [-0.2, -0.15) is 5.10 Å². The lowest BCUT2D eigenvalue weighted by atomic mass is 10.4. The van der Waals surface area contributed by atoms with Gasteiger partial charge in [-0.25, -0.2) is 9.67 Å². The predicted octanol–water partition coefficient (Wildman–Crippen LogP) is 1.28. The smallest absolute Gasteiger partial charge is 0.175 e. The third kappa shape index (κ3) is 1.42. The molecule has 2 rings (SSSR count). The molecule has 0 aliphatic rings. The van der Waals surface area contributed by atoms with Crippen molar-refractivity contribution < 1.29 is 0 Å². The van der Waals surface area contributed by atoms with Gasteiger partial charge in [0.1, 0.15) is 0 Å². The Balaban J connectivity index is 2.57. The van der Waals surface area contributed by atoms with Crippen LogP contribution < -0.4 is 0 Å². The van der Waals surface area contributed by atoms with E-state index in [0.29, 0.717) is 0 Å². The van der Waals surface area contributed by atoms with Gasteiger partial charge >= 0.3 is 0 Å². The number of rotatable bonds is 1. The Morgan fingerprint density at radius 2 is 2.15 bits per heavy atom. The van der Waals surface area contributed by atoms with E-state index in [4.69, 9.17) is 0 Å². The summed E-state index contributed by atoms with van der Waals surface area (Å²) >= 11 is 0. The lowest BCUT2D eigenvalue weighted by Gasteiger charge is -2.03. The van der Waals surface area contributed by atoms with E-state index < -0.39 is 0 Å². The van der Waals surface area contributed by atoms with Crippen molar-refractivity contribution in [2.24, 2.45) is 0 Å². The second-order valence-electron chi connectivity index (χ2n) is 2.87. The molecule has 0 unspecified atom stereocenters. The van der Waals surface area contributed by atoms with Gasteiger partial charge in [-0.1, -0.05) is 0 Å². The van der Waals surface area contributed by atoms with Gasteiger partial charge in [0, 0.05) is 18.6 Å². The van der Waals surface area contributed by atoms with Crippen LogP contribution in [0.3, 0.4) is 0 Å². The maximum absolute atomic E-state index is 4.35. The molecule has 0 aliphatic carbocycles. The van der Waals surface area contributed by atoms with E-state index >= 15 is 0 Å². The van der Waals surface area contributed by atoms with Crippen LogP contribution in [-0.4, -0.2) is 19.7 Å². The molecule has 0 amide bonds. The number of nitrogens with zero attached hydrogens (tertiary/aromatic N) is 4. The van der Waals surface area contributed by atoms with E-state index in [-0.39, 0.29) is 0 Å². The molecule has 0 aromatic carbocycles. The summed E-state index contributed by atoms with van der Waals surface area (Å²) < 4.78 is 1.72. The first-order chi connectivity index (χ1) is 6.27. The van der Waals surface area contributed by atoms with E-state index in [1.165, 1.54) is 0 Å². The fourth-order valence-electron chi connectivity index (χ4n) is 1.14. The summed E-state index contributed by atoms with van der Waals surface area (Å²) in [6.45, 7) is 3.84. The quantitative estimate of drug-likeness (QED) is 0.654. The summed E-state index contributed by atoms with van der Waals surface area (Å²) in [7, 11) is 0. The van der Waals surface area contributed by atoms with Crippen LogP contribution in [0.4, 0.5) is 0 Å². The van der Waals surface area contributed by atoms with Crippen LogP contribution in [0.5, 0.6) is 0 Å². The zero-order valence-electron chi connectivity index (χ0n) is 7.60. The minimum atomic E-state index is 0.796. The van der Waals surface area contributed by atoms with Crippen LogP contribution >= 0.6 is 0 Å². The third-order valence-corrected chi connectivity index (χ3v) is 1.77. The Morgan fingerprint density at radius 3 is 2.85 bits per heavy atom. The van der Waals surface area contributed by atoms with Gasteiger partial charge in [0.05, 0.1) is 11.4 Å². The Hall–Kier alpha value is -1.71. The number of aryl methyl sites for hydroxylation is 2. The molecule has 0 atom stereocenters. The van der Waals surface area contributed by atoms with E-state index in [2.05, 4.69) is 15.1 Å². The van der Waals surface area contributed by atoms with Crippen LogP contribution in [0.2, 0.25) is 0 Å². The maximum atomic E-state index is 4.35. The average Bonchev–Trinajstić information content (AvgIpc) is 2.61. The number of hydrogen-bond donors (Lipinski definition) is 0. The molecule has 2 aromatic heterocycles. The monoisotopic (exact) mass is 174 g/mol. The van der Waals surface area contributed by atoms with Crippen molar-refractivity contribution in [2.75, 3.05) is 0 Å². The molecule has 2 aromatic rings. The molecule has 0 N–H and O–H groups in total. The molecule has 66 valence electrons.